The summed E-state index contributed by atoms with van der Waals surface area (Å²) < 4.78 is 5.41. The van der Waals surface area contributed by atoms with E-state index in [0.29, 0.717) is 0 Å². The molecule has 17 heavy (non-hydrogen) atoms. The summed E-state index contributed by atoms with van der Waals surface area (Å²) in [7, 11) is 0. The zero-order chi connectivity index (χ0) is 12.5. The molecule has 0 saturated carbocycles. The molecule has 1 N–H and O–H groups in total. The number of piperidine rings is 1. The fourth-order valence-corrected chi connectivity index (χ4v) is 2.73. The minimum Gasteiger partial charge on any atom is -0.444 e. The first-order valence-corrected chi connectivity index (χ1v) is 6.63. The largest absolute Gasteiger partial charge is 0.444 e. The average Bonchev–Trinajstić information content (AvgIpc) is 2.61. The normalized spacial score (nSPS) is 29.7. The van der Waals surface area contributed by atoms with Crippen molar-refractivity contribution in [1.29, 1.82) is 0 Å². The first-order valence-electron chi connectivity index (χ1n) is 6.63. The van der Waals surface area contributed by atoms with Gasteiger partial charge in [-0.25, -0.2) is 4.79 Å². The van der Waals surface area contributed by atoms with Gasteiger partial charge in [-0.1, -0.05) is 6.42 Å². The lowest BCUT2D eigenvalue weighted by Crippen LogP contribution is -2.51. The molecule has 2 aliphatic rings. The Bertz CT molecular complexity index is 290. The maximum atomic E-state index is 12.0. The van der Waals surface area contributed by atoms with E-state index in [9.17, 15) is 4.79 Å². The molecular formula is C13H24N2O2. The van der Waals surface area contributed by atoms with Crippen molar-refractivity contribution in [3.8, 4) is 0 Å². The fraction of sp³-hybridized carbons (Fsp3) is 0.923. The first-order chi connectivity index (χ1) is 7.90. The van der Waals surface area contributed by atoms with Crippen LogP contribution in [0.15, 0.2) is 0 Å². The Kier molecular flexibility index (Phi) is 3.34. The van der Waals surface area contributed by atoms with Crippen LogP contribution in [0.1, 0.15) is 46.5 Å². The predicted octanol–water partition coefficient (Wildman–Crippen LogP) is 2.14. The average molecular weight is 240 g/mol. The topological polar surface area (TPSA) is 41.6 Å². The van der Waals surface area contributed by atoms with Gasteiger partial charge < -0.3 is 15.0 Å². The van der Waals surface area contributed by atoms with E-state index in [1.807, 2.05) is 25.7 Å². The van der Waals surface area contributed by atoms with Crippen LogP contribution in [0.5, 0.6) is 0 Å². The lowest BCUT2D eigenvalue weighted by Gasteiger charge is -2.34. The highest BCUT2D eigenvalue weighted by molar-refractivity contribution is 5.68. The summed E-state index contributed by atoms with van der Waals surface area (Å²) in [5.74, 6) is 0. The maximum absolute atomic E-state index is 12.0. The summed E-state index contributed by atoms with van der Waals surface area (Å²) in [6.07, 6.45) is 4.61. The molecular weight excluding hydrogens is 216 g/mol. The van der Waals surface area contributed by atoms with Gasteiger partial charge in [-0.15, -0.1) is 0 Å². The first kappa shape index (κ1) is 12.7. The number of carbonyl (C=O) groups excluding carboxylic acids is 1. The molecule has 0 aliphatic carbocycles. The zero-order valence-electron chi connectivity index (χ0n) is 11.2. The van der Waals surface area contributed by atoms with Gasteiger partial charge in [-0.2, -0.15) is 0 Å². The van der Waals surface area contributed by atoms with Crippen molar-refractivity contribution in [2.45, 2.75) is 57.6 Å². The van der Waals surface area contributed by atoms with Gasteiger partial charge in [0.1, 0.15) is 5.60 Å². The Labute approximate surface area is 104 Å². The van der Waals surface area contributed by atoms with Crippen LogP contribution < -0.4 is 5.32 Å². The van der Waals surface area contributed by atoms with Crippen molar-refractivity contribution in [1.82, 2.24) is 10.2 Å². The molecule has 1 spiro atoms. The van der Waals surface area contributed by atoms with Crippen LogP contribution in [0.25, 0.3) is 0 Å². The molecule has 0 radical (unpaired) electrons. The highest BCUT2D eigenvalue weighted by Gasteiger charge is 2.41. The molecule has 2 rings (SSSR count). The minimum atomic E-state index is -0.396. The lowest BCUT2D eigenvalue weighted by molar-refractivity contribution is 0.0276. The van der Waals surface area contributed by atoms with E-state index < -0.39 is 5.60 Å². The predicted molar refractivity (Wildman–Crippen MR) is 67.0 cm³/mol. The fourth-order valence-electron chi connectivity index (χ4n) is 2.73. The van der Waals surface area contributed by atoms with Gasteiger partial charge in [0.05, 0.1) is 0 Å². The third kappa shape index (κ3) is 3.12. The van der Waals surface area contributed by atoms with E-state index in [0.717, 1.165) is 26.1 Å². The molecule has 4 heteroatoms. The Morgan fingerprint density at radius 2 is 2.06 bits per heavy atom. The van der Waals surface area contributed by atoms with Crippen LogP contribution in [0.4, 0.5) is 4.79 Å². The molecule has 98 valence electrons. The second-order valence-electron chi connectivity index (χ2n) is 6.32. The SMILES string of the molecule is CC(C)(C)OC(=O)N1CCC2(CCCCN2)C1. The second-order valence-corrected chi connectivity index (χ2v) is 6.32. The van der Waals surface area contributed by atoms with Crippen LogP contribution in [-0.4, -0.2) is 41.8 Å². The zero-order valence-corrected chi connectivity index (χ0v) is 11.2. The van der Waals surface area contributed by atoms with E-state index >= 15 is 0 Å². The third-order valence-electron chi connectivity index (χ3n) is 3.59. The number of amides is 1. The number of nitrogens with one attached hydrogen (secondary N) is 1. The van der Waals surface area contributed by atoms with Crippen molar-refractivity contribution < 1.29 is 9.53 Å². The molecule has 2 aliphatic heterocycles. The highest BCUT2D eigenvalue weighted by Crippen LogP contribution is 2.30. The molecule has 0 bridgehead atoms. The standard InChI is InChI=1S/C13H24N2O2/c1-12(2,3)17-11(16)15-9-7-13(10-15)6-4-5-8-14-13/h14H,4-10H2,1-3H3. The quantitative estimate of drug-likeness (QED) is 0.705. The lowest BCUT2D eigenvalue weighted by atomic mass is 9.88. The van der Waals surface area contributed by atoms with Crippen LogP contribution >= 0.6 is 0 Å². The monoisotopic (exact) mass is 240 g/mol. The number of rotatable bonds is 0. The van der Waals surface area contributed by atoms with Crippen molar-refractivity contribution in [2.24, 2.45) is 0 Å². The number of likely N-dealkylation sites (tertiary alicyclic amines) is 1. The third-order valence-corrected chi connectivity index (χ3v) is 3.59. The Morgan fingerprint density at radius 3 is 2.65 bits per heavy atom. The van der Waals surface area contributed by atoms with E-state index in [2.05, 4.69) is 5.32 Å². The molecule has 0 aromatic rings. The maximum Gasteiger partial charge on any atom is 0.410 e. The molecule has 1 amide bonds. The van der Waals surface area contributed by atoms with Gasteiger partial charge in [0, 0.05) is 18.6 Å². The molecule has 1 unspecified atom stereocenters. The number of nitrogens with zero attached hydrogens (tertiary/aromatic N) is 1. The Balaban J connectivity index is 1.91. The highest BCUT2D eigenvalue weighted by atomic mass is 16.6. The van der Waals surface area contributed by atoms with Crippen LogP contribution in [0.2, 0.25) is 0 Å². The molecule has 2 heterocycles. The van der Waals surface area contributed by atoms with Crippen molar-refractivity contribution in [2.75, 3.05) is 19.6 Å². The van der Waals surface area contributed by atoms with Gasteiger partial charge in [0.2, 0.25) is 0 Å². The summed E-state index contributed by atoms with van der Waals surface area (Å²) >= 11 is 0. The molecule has 0 aromatic heterocycles. The molecule has 1 atom stereocenters. The van der Waals surface area contributed by atoms with Crippen LogP contribution in [0.3, 0.4) is 0 Å². The molecule has 0 aromatic carbocycles. The summed E-state index contributed by atoms with van der Waals surface area (Å²) in [4.78, 5) is 13.8. The summed E-state index contributed by atoms with van der Waals surface area (Å²) in [5, 5.41) is 3.59. The van der Waals surface area contributed by atoms with E-state index in [4.69, 9.17) is 4.74 Å². The summed E-state index contributed by atoms with van der Waals surface area (Å²) in [6.45, 7) is 8.45. The minimum absolute atomic E-state index is 0.165. The van der Waals surface area contributed by atoms with Crippen molar-refractivity contribution in [3.63, 3.8) is 0 Å². The van der Waals surface area contributed by atoms with Crippen LogP contribution in [-0.2, 0) is 4.74 Å². The molecule has 2 fully saturated rings. The van der Waals surface area contributed by atoms with Crippen molar-refractivity contribution in [3.05, 3.63) is 0 Å². The number of hydrogen-bond donors (Lipinski definition) is 1. The Morgan fingerprint density at radius 1 is 1.29 bits per heavy atom. The van der Waals surface area contributed by atoms with E-state index in [1.165, 1.54) is 19.3 Å². The van der Waals surface area contributed by atoms with Gasteiger partial charge >= 0.3 is 6.09 Å². The molecule has 4 nitrogen and oxygen atoms in total. The summed E-state index contributed by atoms with van der Waals surface area (Å²) in [5.41, 5.74) is -0.220. The second kappa shape index (κ2) is 4.48. The van der Waals surface area contributed by atoms with Crippen LogP contribution in [0, 0.1) is 0 Å². The number of hydrogen-bond acceptors (Lipinski definition) is 3. The summed E-state index contributed by atoms with van der Waals surface area (Å²) in [6, 6.07) is 0. The Hall–Kier alpha value is -0.770. The number of ether oxygens (including phenoxy) is 1. The van der Waals surface area contributed by atoms with Gasteiger partial charge in [-0.05, 0) is 46.6 Å². The van der Waals surface area contributed by atoms with Crippen molar-refractivity contribution >= 4 is 6.09 Å². The molecule has 2 saturated heterocycles. The van der Waals surface area contributed by atoms with Gasteiger partial charge in [0.15, 0.2) is 0 Å². The van der Waals surface area contributed by atoms with Gasteiger partial charge in [0.25, 0.3) is 0 Å². The van der Waals surface area contributed by atoms with E-state index in [1.54, 1.807) is 0 Å². The van der Waals surface area contributed by atoms with Gasteiger partial charge in [-0.3, -0.25) is 0 Å². The smallest absolute Gasteiger partial charge is 0.410 e. The number of carbonyl (C=O) groups is 1. The van der Waals surface area contributed by atoms with E-state index in [-0.39, 0.29) is 11.6 Å².